The van der Waals surface area contributed by atoms with Crippen LogP contribution in [0.5, 0.6) is 5.75 Å². The van der Waals surface area contributed by atoms with Crippen LogP contribution in [-0.4, -0.2) is 42.2 Å². The first kappa shape index (κ1) is 19.6. The van der Waals surface area contributed by atoms with Gasteiger partial charge >= 0.3 is 0 Å². The summed E-state index contributed by atoms with van der Waals surface area (Å²) in [4.78, 5) is 23.9. The predicted octanol–water partition coefficient (Wildman–Crippen LogP) is 3.07. The summed E-state index contributed by atoms with van der Waals surface area (Å²) in [7, 11) is -3.33. The molecule has 1 aliphatic carbocycles. The van der Waals surface area contributed by atoms with Crippen LogP contribution in [0.25, 0.3) is 0 Å². The van der Waals surface area contributed by atoms with Gasteiger partial charge in [0.2, 0.25) is 5.95 Å². The molecule has 0 bridgehead atoms. The van der Waals surface area contributed by atoms with Crippen molar-refractivity contribution >= 4 is 33.2 Å². The zero-order chi connectivity index (χ0) is 20.8. The van der Waals surface area contributed by atoms with Gasteiger partial charge < -0.3 is 10.1 Å². The maximum absolute atomic E-state index is 13.1. The summed E-state index contributed by atoms with van der Waals surface area (Å²) in [5.41, 5.74) is -0.429. The number of benzene rings is 1. The number of carbonyl (C=O) groups excluding carboxylic acids is 1. The fourth-order valence-corrected chi connectivity index (χ4v) is 4.47. The standard InChI is InChI=1S/C20H24N4O4S/c1-20(2)18(25)24(14-8-4-5-9-14)17-16(28-20)12-21-19(23-17)22-13-7-6-10-15(11-13)29(3,26)27/h6-7,10-12,14H,4-5,8-9H2,1-3H3,(H,21,22,23). The quantitative estimate of drug-likeness (QED) is 0.817. The Bertz CT molecular complexity index is 1060. The summed E-state index contributed by atoms with van der Waals surface area (Å²) in [5, 5.41) is 3.03. The molecule has 1 saturated carbocycles. The lowest BCUT2D eigenvalue weighted by atomic mass is 10.0. The van der Waals surface area contributed by atoms with Crippen molar-refractivity contribution in [1.82, 2.24) is 9.97 Å². The molecule has 1 amide bonds. The monoisotopic (exact) mass is 416 g/mol. The molecule has 4 rings (SSSR count). The van der Waals surface area contributed by atoms with Gasteiger partial charge in [-0.05, 0) is 44.9 Å². The first-order valence-electron chi connectivity index (χ1n) is 9.62. The van der Waals surface area contributed by atoms with Crippen LogP contribution in [0.4, 0.5) is 17.5 Å². The second-order valence-corrected chi connectivity index (χ2v) is 10.0. The minimum atomic E-state index is -3.33. The van der Waals surface area contributed by atoms with E-state index in [1.807, 2.05) is 0 Å². The maximum Gasteiger partial charge on any atom is 0.272 e. The van der Waals surface area contributed by atoms with Crippen LogP contribution in [0.2, 0.25) is 0 Å². The Morgan fingerprint density at radius 1 is 1.24 bits per heavy atom. The highest BCUT2D eigenvalue weighted by molar-refractivity contribution is 7.90. The van der Waals surface area contributed by atoms with Crippen molar-refractivity contribution < 1.29 is 17.9 Å². The summed E-state index contributed by atoms with van der Waals surface area (Å²) >= 11 is 0. The molecule has 0 spiro atoms. The molecule has 1 aliphatic heterocycles. The molecule has 0 radical (unpaired) electrons. The average Bonchev–Trinajstić information content (AvgIpc) is 3.17. The van der Waals surface area contributed by atoms with Crippen molar-refractivity contribution in [1.29, 1.82) is 0 Å². The molecule has 2 aromatic rings. The lowest BCUT2D eigenvalue weighted by molar-refractivity contribution is -0.133. The van der Waals surface area contributed by atoms with Gasteiger partial charge in [-0.1, -0.05) is 18.9 Å². The molecule has 1 aromatic carbocycles. The number of ether oxygens (including phenoxy) is 1. The van der Waals surface area contributed by atoms with E-state index >= 15 is 0 Å². The van der Waals surface area contributed by atoms with E-state index in [0.29, 0.717) is 17.3 Å². The van der Waals surface area contributed by atoms with Gasteiger partial charge in [-0.3, -0.25) is 9.69 Å². The first-order chi connectivity index (χ1) is 13.6. The lowest BCUT2D eigenvalue weighted by Gasteiger charge is -2.40. The number of sulfone groups is 1. The van der Waals surface area contributed by atoms with Crippen molar-refractivity contribution in [3.63, 3.8) is 0 Å². The van der Waals surface area contributed by atoms with Crippen LogP contribution < -0.4 is 15.0 Å². The number of rotatable bonds is 4. The summed E-state index contributed by atoms with van der Waals surface area (Å²) in [6, 6.07) is 6.54. The minimum Gasteiger partial charge on any atom is -0.472 e. The second kappa shape index (κ2) is 6.98. The molecule has 1 N–H and O–H groups in total. The molecule has 0 unspecified atom stereocenters. The molecule has 1 aromatic heterocycles. The third-order valence-electron chi connectivity index (χ3n) is 5.27. The van der Waals surface area contributed by atoms with Crippen molar-refractivity contribution in [2.75, 3.05) is 16.5 Å². The van der Waals surface area contributed by atoms with Gasteiger partial charge in [-0.2, -0.15) is 4.98 Å². The molecule has 2 heterocycles. The van der Waals surface area contributed by atoms with Gasteiger partial charge in [0.05, 0.1) is 11.1 Å². The Labute approximate surface area is 170 Å². The number of anilines is 3. The van der Waals surface area contributed by atoms with Crippen molar-refractivity contribution in [2.24, 2.45) is 0 Å². The summed E-state index contributed by atoms with van der Waals surface area (Å²) in [5.74, 6) is 1.09. The number of hydrogen-bond acceptors (Lipinski definition) is 7. The number of nitrogens with zero attached hydrogens (tertiary/aromatic N) is 3. The van der Waals surface area contributed by atoms with E-state index in [-0.39, 0.29) is 22.8 Å². The van der Waals surface area contributed by atoms with Crippen LogP contribution in [0, 0.1) is 0 Å². The van der Waals surface area contributed by atoms with Gasteiger partial charge in [0.15, 0.2) is 27.0 Å². The Morgan fingerprint density at radius 3 is 2.66 bits per heavy atom. The number of amides is 1. The zero-order valence-corrected chi connectivity index (χ0v) is 17.5. The van der Waals surface area contributed by atoms with E-state index in [1.54, 1.807) is 37.1 Å². The second-order valence-electron chi connectivity index (χ2n) is 8.03. The highest BCUT2D eigenvalue weighted by atomic mass is 32.2. The van der Waals surface area contributed by atoms with E-state index in [2.05, 4.69) is 15.3 Å². The van der Waals surface area contributed by atoms with Crippen LogP contribution in [0.15, 0.2) is 35.4 Å². The Balaban J connectivity index is 1.70. The molecule has 1 fully saturated rings. The average molecular weight is 417 g/mol. The van der Waals surface area contributed by atoms with E-state index in [9.17, 15) is 13.2 Å². The maximum atomic E-state index is 13.1. The fraction of sp³-hybridized carbons (Fsp3) is 0.450. The normalized spacial score (nSPS) is 19.0. The van der Waals surface area contributed by atoms with E-state index < -0.39 is 15.4 Å². The first-order valence-corrected chi connectivity index (χ1v) is 11.5. The topological polar surface area (TPSA) is 101 Å². The van der Waals surface area contributed by atoms with Crippen LogP contribution in [0.3, 0.4) is 0 Å². The number of hydrogen-bond donors (Lipinski definition) is 1. The van der Waals surface area contributed by atoms with E-state index in [4.69, 9.17) is 4.74 Å². The molecular weight excluding hydrogens is 392 g/mol. The van der Waals surface area contributed by atoms with Gasteiger partial charge in [0, 0.05) is 18.0 Å². The molecule has 0 saturated heterocycles. The van der Waals surface area contributed by atoms with Crippen LogP contribution in [-0.2, 0) is 14.6 Å². The third-order valence-corrected chi connectivity index (χ3v) is 6.38. The predicted molar refractivity (Wildman–Crippen MR) is 109 cm³/mol. The molecule has 8 nitrogen and oxygen atoms in total. The summed E-state index contributed by atoms with van der Waals surface area (Å²) in [6.45, 7) is 3.51. The molecule has 9 heteroatoms. The van der Waals surface area contributed by atoms with Crippen molar-refractivity contribution in [2.45, 2.75) is 56.1 Å². The highest BCUT2D eigenvalue weighted by Crippen LogP contribution is 2.40. The molecule has 29 heavy (non-hydrogen) atoms. The van der Waals surface area contributed by atoms with Gasteiger partial charge in [-0.25, -0.2) is 13.4 Å². The van der Waals surface area contributed by atoms with E-state index in [1.165, 1.54) is 12.1 Å². The van der Waals surface area contributed by atoms with Gasteiger partial charge in [0.1, 0.15) is 0 Å². The Morgan fingerprint density at radius 2 is 1.97 bits per heavy atom. The number of nitrogens with one attached hydrogen (secondary N) is 1. The van der Waals surface area contributed by atoms with Crippen molar-refractivity contribution in [3.8, 4) is 5.75 Å². The van der Waals surface area contributed by atoms with Crippen molar-refractivity contribution in [3.05, 3.63) is 30.5 Å². The smallest absolute Gasteiger partial charge is 0.272 e. The molecule has 2 aliphatic rings. The zero-order valence-electron chi connectivity index (χ0n) is 16.7. The molecule has 154 valence electrons. The lowest BCUT2D eigenvalue weighted by Crippen LogP contribution is -2.55. The fourth-order valence-electron chi connectivity index (χ4n) is 3.81. The SMILES string of the molecule is CC1(C)Oc2cnc(Nc3cccc(S(C)(=O)=O)c3)nc2N(C2CCCC2)C1=O. The molecular formula is C20H24N4O4S. The highest BCUT2D eigenvalue weighted by Gasteiger charge is 2.45. The summed E-state index contributed by atoms with van der Waals surface area (Å²) in [6.07, 6.45) is 6.75. The summed E-state index contributed by atoms with van der Waals surface area (Å²) < 4.78 is 29.5. The Hall–Kier alpha value is -2.68. The number of fused-ring (bicyclic) bond motifs is 1. The Kier molecular flexibility index (Phi) is 4.72. The number of aromatic nitrogens is 2. The third kappa shape index (κ3) is 3.78. The van der Waals surface area contributed by atoms with Crippen LogP contribution >= 0.6 is 0 Å². The molecule has 0 atom stereocenters. The van der Waals surface area contributed by atoms with E-state index in [0.717, 1.165) is 31.9 Å². The van der Waals surface area contributed by atoms with Gasteiger partial charge in [0.25, 0.3) is 5.91 Å². The number of carbonyl (C=O) groups is 1. The minimum absolute atomic E-state index is 0.0979. The van der Waals surface area contributed by atoms with Gasteiger partial charge in [-0.15, -0.1) is 0 Å². The largest absolute Gasteiger partial charge is 0.472 e. The van der Waals surface area contributed by atoms with Crippen LogP contribution in [0.1, 0.15) is 39.5 Å².